The Labute approximate surface area is 160 Å². The Balaban J connectivity index is 1.68. The number of aryl methyl sites for hydroxylation is 1. The number of carbonyl (C=O) groups is 1. The first-order chi connectivity index (χ1) is 12.3. The van der Waals surface area contributed by atoms with Crippen molar-refractivity contribution in [2.24, 2.45) is 5.41 Å². The highest BCUT2D eigenvalue weighted by atomic mass is 35.5. The first-order valence-electron chi connectivity index (χ1n) is 8.98. The summed E-state index contributed by atoms with van der Waals surface area (Å²) in [6.45, 7) is 8.23. The van der Waals surface area contributed by atoms with E-state index in [1.165, 1.54) is 0 Å². The molecule has 1 saturated heterocycles. The van der Waals surface area contributed by atoms with Crippen LogP contribution < -0.4 is 4.74 Å². The summed E-state index contributed by atoms with van der Waals surface area (Å²) >= 11 is 6.20. The third-order valence-corrected chi connectivity index (χ3v) is 4.97. The number of halogens is 1. The highest BCUT2D eigenvalue weighted by molar-refractivity contribution is 6.32. The van der Waals surface area contributed by atoms with E-state index in [0.717, 1.165) is 31.5 Å². The predicted molar refractivity (Wildman–Crippen MR) is 104 cm³/mol. The smallest absolute Gasteiger partial charge is 0.272 e. The molecule has 0 aliphatic carbocycles. The van der Waals surface area contributed by atoms with Crippen LogP contribution in [0.5, 0.6) is 5.75 Å². The fraction of sp³-hybridized carbons (Fsp3) is 0.429. The number of likely N-dealkylation sites (tertiary alicyclic amines) is 1. The number of hydrogen-bond acceptors (Lipinski definition) is 3. The zero-order valence-corrected chi connectivity index (χ0v) is 16.3. The van der Waals surface area contributed by atoms with E-state index < -0.39 is 0 Å². The fourth-order valence-electron chi connectivity index (χ4n) is 3.31. The first kappa shape index (κ1) is 18.7. The standard InChI is InChI=1S/C21H25ClN2O2/c1-15-8-9-19(17(22)12-15)26-13-16-6-4-7-18(23-16)20(25)24-11-5-10-21(2,3)14-24/h4,6-9,12H,5,10-11,13-14H2,1-3H3. The van der Waals surface area contributed by atoms with Gasteiger partial charge in [-0.15, -0.1) is 0 Å². The van der Waals surface area contributed by atoms with E-state index in [1.54, 1.807) is 6.07 Å². The molecule has 138 valence electrons. The third-order valence-electron chi connectivity index (χ3n) is 4.68. The second-order valence-electron chi connectivity index (χ2n) is 7.73. The topological polar surface area (TPSA) is 42.4 Å². The fourth-order valence-corrected chi connectivity index (χ4v) is 3.60. The van der Waals surface area contributed by atoms with E-state index in [-0.39, 0.29) is 17.9 Å². The van der Waals surface area contributed by atoms with Crippen molar-refractivity contribution in [1.29, 1.82) is 0 Å². The third kappa shape index (κ3) is 4.55. The van der Waals surface area contributed by atoms with Crippen LogP contribution in [0.15, 0.2) is 36.4 Å². The molecule has 0 saturated carbocycles. The van der Waals surface area contributed by atoms with Gasteiger partial charge in [0.05, 0.1) is 10.7 Å². The van der Waals surface area contributed by atoms with Gasteiger partial charge in [0, 0.05) is 13.1 Å². The molecule has 0 N–H and O–H groups in total. The Hall–Kier alpha value is -2.07. The van der Waals surface area contributed by atoms with Gasteiger partial charge in [-0.25, -0.2) is 4.98 Å². The van der Waals surface area contributed by atoms with Crippen LogP contribution in [0.3, 0.4) is 0 Å². The number of rotatable bonds is 4. The lowest BCUT2D eigenvalue weighted by atomic mass is 9.84. The monoisotopic (exact) mass is 372 g/mol. The molecule has 0 unspecified atom stereocenters. The molecule has 2 heterocycles. The first-order valence-corrected chi connectivity index (χ1v) is 9.36. The van der Waals surface area contributed by atoms with E-state index in [1.807, 2.05) is 42.2 Å². The van der Waals surface area contributed by atoms with Crippen LogP contribution in [-0.2, 0) is 6.61 Å². The molecule has 1 aromatic heterocycles. The number of amides is 1. The lowest BCUT2D eigenvalue weighted by molar-refractivity contribution is 0.0577. The summed E-state index contributed by atoms with van der Waals surface area (Å²) in [4.78, 5) is 19.2. The highest BCUT2D eigenvalue weighted by Crippen LogP contribution is 2.29. The van der Waals surface area contributed by atoms with E-state index in [4.69, 9.17) is 16.3 Å². The van der Waals surface area contributed by atoms with Crippen LogP contribution in [0.4, 0.5) is 0 Å². The Kier molecular flexibility index (Phi) is 5.52. The van der Waals surface area contributed by atoms with Crippen LogP contribution in [0.2, 0.25) is 5.02 Å². The Morgan fingerprint density at radius 1 is 1.31 bits per heavy atom. The molecular weight excluding hydrogens is 348 g/mol. The van der Waals surface area contributed by atoms with Gasteiger partial charge >= 0.3 is 0 Å². The second kappa shape index (κ2) is 7.67. The summed E-state index contributed by atoms with van der Waals surface area (Å²) in [6, 6.07) is 11.1. The number of pyridine rings is 1. The molecule has 3 rings (SSSR count). The van der Waals surface area contributed by atoms with E-state index in [9.17, 15) is 4.79 Å². The van der Waals surface area contributed by atoms with E-state index in [2.05, 4.69) is 18.8 Å². The van der Waals surface area contributed by atoms with Gasteiger partial charge in [0.25, 0.3) is 5.91 Å². The largest absolute Gasteiger partial charge is 0.486 e. The molecule has 1 amide bonds. The highest BCUT2D eigenvalue weighted by Gasteiger charge is 2.30. The van der Waals surface area contributed by atoms with Gasteiger partial charge in [-0.1, -0.05) is 37.6 Å². The minimum absolute atomic E-state index is 0.00649. The predicted octanol–water partition coefficient (Wildman–Crippen LogP) is 4.88. The van der Waals surface area contributed by atoms with Crippen molar-refractivity contribution < 1.29 is 9.53 Å². The van der Waals surface area contributed by atoms with Crippen LogP contribution in [0, 0.1) is 12.3 Å². The Bertz CT molecular complexity index is 804. The van der Waals surface area contributed by atoms with Crippen LogP contribution in [0.25, 0.3) is 0 Å². The van der Waals surface area contributed by atoms with Gasteiger partial charge in [0.15, 0.2) is 0 Å². The average molecular weight is 373 g/mol. The molecule has 0 radical (unpaired) electrons. The second-order valence-corrected chi connectivity index (χ2v) is 8.14. The summed E-state index contributed by atoms with van der Waals surface area (Å²) in [5.74, 6) is 0.613. The van der Waals surface area contributed by atoms with Gasteiger partial charge in [0.2, 0.25) is 0 Å². The lowest BCUT2D eigenvalue weighted by Crippen LogP contribution is -2.43. The van der Waals surface area contributed by atoms with Crippen molar-refractivity contribution in [2.75, 3.05) is 13.1 Å². The number of aromatic nitrogens is 1. The number of ether oxygens (including phenoxy) is 1. The number of hydrogen-bond donors (Lipinski definition) is 0. The number of nitrogens with zero attached hydrogens (tertiary/aromatic N) is 2. The normalized spacial score (nSPS) is 16.4. The van der Waals surface area contributed by atoms with Crippen LogP contribution in [-0.4, -0.2) is 28.9 Å². The number of carbonyl (C=O) groups excluding carboxylic acids is 1. The van der Waals surface area contributed by atoms with Crippen molar-refractivity contribution in [1.82, 2.24) is 9.88 Å². The quantitative estimate of drug-likeness (QED) is 0.767. The van der Waals surface area contributed by atoms with E-state index >= 15 is 0 Å². The number of benzene rings is 1. The molecule has 0 atom stereocenters. The Morgan fingerprint density at radius 3 is 2.85 bits per heavy atom. The van der Waals surface area contributed by atoms with Crippen molar-refractivity contribution in [2.45, 2.75) is 40.2 Å². The minimum Gasteiger partial charge on any atom is -0.486 e. The van der Waals surface area contributed by atoms with Crippen molar-refractivity contribution in [3.05, 3.63) is 58.4 Å². The molecule has 4 nitrogen and oxygen atoms in total. The van der Waals surface area contributed by atoms with Crippen LogP contribution >= 0.6 is 11.6 Å². The van der Waals surface area contributed by atoms with Gasteiger partial charge in [-0.3, -0.25) is 4.79 Å². The number of piperidine rings is 1. The summed E-state index contributed by atoms with van der Waals surface area (Å²) < 4.78 is 5.77. The zero-order chi connectivity index (χ0) is 18.7. The molecule has 0 bridgehead atoms. The Morgan fingerprint density at radius 2 is 2.12 bits per heavy atom. The summed E-state index contributed by atoms with van der Waals surface area (Å²) in [5.41, 5.74) is 2.43. The molecule has 5 heteroatoms. The molecule has 1 aliphatic rings. The van der Waals surface area contributed by atoms with Gasteiger partial charge < -0.3 is 9.64 Å². The summed E-state index contributed by atoms with van der Waals surface area (Å²) in [7, 11) is 0. The SMILES string of the molecule is Cc1ccc(OCc2cccc(C(=O)N3CCCC(C)(C)C3)n2)c(Cl)c1. The maximum Gasteiger partial charge on any atom is 0.272 e. The van der Waals surface area contributed by atoms with Crippen molar-refractivity contribution in [3.63, 3.8) is 0 Å². The maximum absolute atomic E-state index is 12.8. The van der Waals surface area contributed by atoms with Gasteiger partial charge in [-0.05, 0) is 55.0 Å². The minimum atomic E-state index is -0.00649. The maximum atomic E-state index is 12.8. The van der Waals surface area contributed by atoms with Crippen LogP contribution in [0.1, 0.15) is 48.4 Å². The molecule has 26 heavy (non-hydrogen) atoms. The molecule has 1 aliphatic heterocycles. The molecule has 2 aromatic rings. The van der Waals surface area contributed by atoms with Gasteiger partial charge in [0.1, 0.15) is 18.1 Å². The lowest BCUT2D eigenvalue weighted by Gasteiger charge is -2.37. The molecule has 0 spiro atoms. The molecule has 1 fully saturated rings. The van der Waals surface area contributed by atoms with Crippen molar-refractivity contribution in [3.8, 4) is 5.75 Å². The van der Waals surface area contributed by atoms with E-state index in [0.29, 0.717) is 22.2 Å². The average Bonchev–Trinajstić information content (AvgIpc) is 2.60. The zero-order valence-electron chi connectivity index (χ0n) is 15.6. The summed E-state index contributed by atoms with van der Waals surface area (Å²) in [6.07, 6.45) is 2.18. The van der Waals surface area contributed by atoms with Crippen molar-refractivity contribution >= 4 is 17.5 Å². The summed E-state index contributed by atoms with van der Waals surface area (Å²) in [5, 5.41) is 0.577. The molecular formula is C21H25ClN2O2. The molecule has 1 aromatic carbocycles. The van der Waals surface area contributed by atoms with Gasteiger partial charge in [-0.2, -0.15) is 0 Å².